The van der Waals surface area contributed by atoms with Crippen LogP contribution in [0.4, 0.5) is 0 Å². The molecule has 0 aliphatic carbocycles. The number of hydrogen-bond donors (Lipinski definition) is 2. The maximum atomic E-state index is 11.3. The molecule has 6 heteroatoms. The van der Waals surface area contributed by atoms with Gasteiger partial charge in [-0.2, -0.15) is 0 Å². The van der Waals surface area contributed by atoms with Crippen LogP contribution in [0.5, 0.6) is 5.75 Å². The molecular formula is C10H16N2O3S. The topological polar surface area (TPSA) is 81.4 Å². The number of ether oxygens (including phenoxy) is 1. The van der Waals surface area contributed by atoms with Crippen molar-refractivity contribution in [3.8, 4) is 5.75 Å². The van der Waals surface area contributed by atoms with Crippen LogP contribution in [0, 0.1) is 0 Å². The quantitative estimate of drug-likeness (QED) is 0.781. The predicted molar refractivity (Wildman–Crippen MR) is 61.8 cm³/mol. The van der Waals surface area contributed by atoms with Gasteiger partial charge in [-0.05, 0) is 26.1 Å². The normalized spacial score (nSPS) is 13.4. The van der Waals surface area contributed by atoms with Crippen LogP contribution in [0.25, 0.3) is 0 Å². The van der Waals surface area contributed by atoms with E-state index in [1.807, 2.05) is 6.92 Å². The maximum Gasteiger partial charge on any atom is 0.241 e. The largest absolute Gasteiger partial charge is 0.488 e. The van der Waals surface area contributed by atoms with E-state index >= 15 is 0 Å². The van der Waals surface area contributed by atoms with E-state index in [4.69, 9.17) is 9.88 Å². The van der Waals surface area contributed by atoms with E-state index in [0.29, 0.717) is 6.54 Å². The van der Waals surface area contributed by atoms with Gasteiger partial charge in [-0.15, -0.1) is 0 Å². The first kappa shape index (κ1) is 13.0. The van der Waals surface area contributed by atoms with Gasteiger partial charge in [-0.25, -0.2) is 13.6 Å². The van der Waals surface area contributed by atoms with Crippen molar-refractivity contribution < 1.29 is 13.2 Å². The first-order valence-corrected chi connectivity index (χ1v) is 6.43. The van der Waals surface area contributed by atoms with Gasteiger partial charge in [0.2, 0.25) is 10.0 Å². The van der Waals surface area contributed by atoms with Crippen molar-refractivity contribution in [2.75, 3.05) is 13.6 Å². The number of hydrogen-bond acceptors (Lipinski definition) is 4. The van der Waals surface area contributed by atoms with Gasteiger partial charge < -0.3 is 10.1 Å². The van der Waals surface area contributed by atoms with Crippen molar-refractivity contribution >= 4 is 10.0 Å². The lowest BCUT2D eigenvalue weighted by atomic mass is 10.3. The lowest BCUT2D eigenvalue weighted by molar-refractivity contribution is 0.215. The summed E-state index contributed by atoms with van der Waals surface area (Å²) >= 11 is 0. The van der Waals surface area contributed by atoms with Crippen LogP contribution in [0.3, 0.4) is 0 Å². The zero-order valence-electron chi connectivity index (χ0n) is 9.30. The van der Waals surface area contributed by atoms with E-state index in [1.54, 1.807) is 25.2 Å². The summed E-state index contributed by atoms with van der Waals surface area (Å²) in [5.74, 6) is 0.285. The van der Waals surface area contributed by atoms with E-state index in [-0.39, 0.29) is 16.7 Å². The van der Waals surface area contributed by atoms with E-state index in [9.17, 15) is 8.42 Å². The molecule has 0 bridgehead atoms. The van der Waals surface area contributed by atoms with Gasteiger partial charge >= 0.3 is 0 Å². The number of likely N-dealkylation sites (N-methyl/N-ethyl adjacent to an activating group) is 1. The molecule has 90 valence electrons. The summed E-state index contributed by atoms with van der Waals surface area (Å²) in [4.78, 5) is 0.0120. The molecule has 0 heterocycles. The smallest absolute Gasteiger partial charge is 0.241 e. The number of nitrogens with two attached hydrogens (primary N) is 1. The fraction of sp³-hybridized carbons (Fsp3) is 0.400. The molecule has 1 unspecified atom stereocenters. The van der Waals surface area contributed by atoms with Crippen LogP contribution >= 0.6 is 0 Å². The van der Waals surface area contributed by atoms with Crippen LogP contribution in [0.1, 0.15) is 6.92 Å². The van der Waals surface area contributed by atoms with Gasteiger partial charge in [0.25, 0.3) is 0 Å². The van der Waals surface area contributed by atoms with Gasteiger partial charge in [-0.3, -0.25) is 0 Å². The zero-order valence-corrected chi connectivity index (χ0v) is 10.1. The van der Waals surface area contributed by atoms with Gasteiger partial charge in [0, 0.05) is 6.54 Å². The molecule has 1 rings (SSSR count). The fourth-order valence-corrected chi connectivity index (χ4v) is 1.99. The van der Waals surface area contributed by atoms with Crippen LogP contribution < -0.4 is 15.2 Å². The molecule has 1 aromatic rings. The van der Waals surface area contributed by atoms with Crippen molar-refractivity contribution in [3.63, 3.8) is 0 Å². The van der Waals surface area contributed by atoms with Crippen molar-refractivity contribution in [1.82, 2.24) is 5.32 Å². The highest BCUT2D eigenvalue weighted by atomic mass is 32.2. The maximum absolute atomic E-state index is 11.3. The minimum atomic E-state index is -3.74. The average Bonchev–Trinajstić information content (AvgIpc) is 2.17. The molecule has 0 fully saturated rings. The lowest BCUT2D eigenvalue weighted by Gasteiger charge is -2.16. The summed E-state index contributed by atoms with van der Waals surface area (Å²) < 4.78 is 28.0. The highest BCUT2D eigenvalue weighted by Crippen LogP contribution is 2.22. The first-order valence-electron chi connectivity index (χ1n) is 4.88. The summed E-state index contributed by atoms with van der Waals surface area (Å²) in [5, 5.41) is 8.02. The molecule has 1 atom stereocenters. The average molecular weight is 244 g/mol. The Labute approximate surface area is 95.7 Å². The Morgan fingerprint density at radius 3 is 2.62 bits per heavy atom. The van der Waals surface area contributed by atoms with Gasteiger partial charge in [0.05, 0.1) is 0 Å². The number of nitrogens with one attached hydrogen (secondary N) is 1. The summed E-state index contributed by atoms with van der Waals surface area (Å²) in [7, 11) is -1.94. The molecule has 0 radical (unpaired) electrons. The third-order valence-electron chi connectivity index (χ3n) is 1.98. The molecule has 0 amide bonds. The second-order valence-corrected chi connectivity index (χ2v) is 5.01. The third kappa shape index (κ3) is 3.48. The molecular weight excluding hydrogens is 228 g/mol. The highest BCUT2D eigenvalue weighted by Gasteiger charge is 2.15. The number of sulfonamides is 1. The molecule has 0 saturated carbocycles. The third-order valence-corrected chi connectivity index (χ3v) is 2.93. The summed E-state index contributed by atoms with van der Waals surface area (Å²) in [6.45, 7) is 2.47. The zero-order chi connectivity index (χ0) is 12.2. The Hall–Kier alpha value is -1.11. The highest BCUT2D eigenvalue weighted by molar-refractivity contribution is 7.89. The molecule has 1 aromatic carbocycles. The van der Waals surface area contributed by atoms with E-state index < -0.39 is 10.0 Å². The fourth-order valence-electron chi connectivity index (χ4n) is 1.33. The molecule has 0 spiro atoms. The summed E-state index contributed by atoms with van der Waals surface area (Å²) in [6, 6.07) is 6.33. The number of benzene rings is 1. The second-order valence-electron chi connectivity index (χ2n) is 3.48. The SMILES string of the molecule is CNCC(C)Oc1ccccc1S(N)(=O)=O. The molecule has 16 heavy (non-hydrogen) atoms. The molecule has 0 aromatic heterocycles. The van der Waals surface area contributed by atoms with E-state index in [0.717, 1.165) is 0 Å². The Kier molecular flexibility index (Phi) is 4.28. The number of rotatable bonds is 5. The molecule has 0 saturated heterocycles. The van der Waals surface area contributed by atoms with Crippen LogP contribution in [0.15, 0.2) is 29.2 Å². The van der Waals surface area contributed by atoms with Crippen molar-refractivity contribution in [2.45, 2.75) is 17.9 Å². The Balaban J connectivity index is 2.96. The summed E-state index contributed by atoms with van der Waals surface area (Å²) in [5.41, 5.74) is 0. The minimum absolute atomic E-state index is 0.0120. The molecule has 0 aliphatic heterocycles. The monoisotopic (exact) mass is 244 g/mol. The second kappa shape index (κ2) is 5.29. The van der Waals surface area contributed by atoms with Gasteiger partial charge in [0.1, 0.15) is 16.7 Å². The van der Waals surface area contributed by atoms with Crippen molar-refractivity contribution in [2.24, 2.45) is 5.14 Å². The van der Waals surface area contributed by atoms with Crippen molar-refractivity contribution in [3.05, 3.63) is 24.3 Å². The predicted octanol–water partition coefficient (Wildman–Crippen LogP) is 0.321. The van der Waals surface area contributed by atoms with Crippen LogP contribution in [0.2, 0.25) is 0 Å². The number of para-hydroxylation sites is 1. The Morgan fingerprint density at radius 2 is 2.06 bits per heavy atom. The number of primary sulfonamides is 1. The van der Waals surface area contributed by atoms with Crippen molar-refractivity contribution in [1.29, 1.82) is 0 Å². The summed E-state index contributed by atoms with van der Waals surface area (Å²) in [6.07, 6.45) is -0.132. The first-order chi connectivity index (χ1) is 7.45. The standard InChI is InChI=1S/C10H16N2O3S/c1-8(7-12-2)15-9-5-3-4-6-10(9)16(11,13)14/h3-6,8,12H,7H2,1-2H3,(H2,11,13,14). The van der Waals surface area contributed by atoms with Crippen LogP contribution in [-0.2, 0) is 10.0 Å². The minimum Gasteiger partial charge on any atom is -0.488 e. The van der Waals surface area contributed by atoms with E-state index in [1.165, 1.54) is 6.07 Å². The van der Waals surface area contributed by atoms with E-state index in [2.05, 4.69) is 5.32 Å². The van der Waals surface area contributed by atoms with Gasteiger partial charge in [0.15, 0.2) is 0 Å². The van der Waals surface area contributed by atoms with Crippen LogP contribution in [-0.4, -0.2) is 28.1 Å². The lowest BCUT2D eigenvalue weighted by Crippen LogP contribution is -2.27. The Morgan fingerprint density at radius 1 is 1.44 bits per heavy atom. The Bertz CT molecular complexity index is 445. The van der Waals surface area contributed by atoms with Gasteiger partial charge in [-0.1, -0.05) is 12.1 Å². The molecule has 0 aliphatic rings. The molecule has 5 nitrogen and oxygen atoms in total. The molecule has 3 N–H and O–H groups in total.